The van der Waals surface area contributed by atoms with Crippen molar-refractivity contribution in [3.63, 3.8) is 0 Å². The average molecular weight is 431 g/mol. The maximum absolute atomic E-state index is 14.0. The first-order chi connectivity index (χ1) is 14.7. The highest BCUT2D eigenvalue weighted by Crippen LogP contribution is 2.21. The molecule has 0 fully saturated rings. The number of hydrogen-bond donors (Lipinski definition) is 3. The first-order valence-corrected chi connectivity index (χ1v) is 8.92. The van der Waals surface area contributed by atoms with E-state index in [0.29, 0.717) is 11.8 Å². The van der Waals surface area contributed by atoms with Crippen molar-refractivity contribution >= 4 is 29.1 Å². The van der Waals surface area contributed by atoms with Crippen LogP contribution in [0.15, 0.2) is 53.1 Å². The molecule has 1 aromatic heterocycles. The Bertz CT molecular complexity index is 1160. The van der Waals surface area contributed by atoms with Crippen molar-refractivity contribution in [2.45, 2.75) is 6.92 Å². The van der Waals surface area contributed by atoms with Gasteiger partial charge in [0.15, 0.2) is 0 Å². The van der Waals surface area contributed by atoms with Gasteiger partial charge in [0, 0.05) is 11.8 Å². The molecule has 0 unspecified atom stereocenters. The molecular weight excluding hydrogens is 415 g/mol. The molecule has 0 saturated carbocycles. The lowest BCUT2D eigenvalue weighted by Crippen LogP contribution is -2.33. The number of amides is 3. The van der Waals surface area contributed by atoms with Crippen LogP contribution in [0.25, 0.3) is 0 Å². The Morgan fingerprint density at radius 2 is 1.65 bits per heavy atom. The van der Waals surface area contributed by atoms with Gasteiger partial charge in [-0.05, 0) is 43.3 Å². The number of carbonyl (C=O) groups excluding carboxylic acids is 3. The second kappa shape index (κ2) is 9.16. The second-order valence-electron chi connectivity index (χ2n) is 6.39. The first-order valence-electron chi connectivity index (χ1n) is 8.92. The van der Waals surface area contributed by atoms with E-state index in [1.54, 1.807) is 6.92 Å². The van der Waals surface area contributed by atoms with E-state index >= 15 is 0 Å². The van der Waals surface area contributed by atoms with Crippen LogP contribution < -0.4 is 16.0 Å². The summed E-state index contributed by atoms with van der Waals surface area (Å²) in [6.45, 7) is 1.05. The van der Waals surface area contributed by atoms with Crippen LogP contribution in [0.5, 0.6) is 0 Å². The monoisotopic (exact) mass is 431 g/mol. The molecule has 0 saturated heterocycles. The third kappa shape index (κ3) is 5.30. The molecule has 0 spiro atoms. The first kappa shape index (κ1) is 21.6. The van der Waals surface area contributed by atoms with Crippen LogP contribution >= 0.6 is 0 Å². The van der Waals surface area contributed by atoms with Gasteiger partial charge >= 0.3 is 0 Å². The van der Waals surface area contributed by atoms with Crippen molar-refractivity contribution in [2.24, 2.45) is 0 Å². The van der Waals surface area contributed by atoms with E-state index in [1.807, 2.05) is 0 Å². The summed E-state index contributed by atoms with van der Waals surface area (Å²) in [5, 5.41) is 6.99. The third-order valence-electron chi connectivity index (χ3n) is 4.19. The molecule has 0 aliphatic carbocycles. The van der Waals surface area contributed by atoms with Crippen molar-refractivity contribution in [1.29, 1.82) is 0 Å². The van der Waals surface area contributed by atoms with E-state index in [4.69, 9.17) is 4.42 Å². The number of carbonyl (C=O) groups is 3. The van der Waals surface area contributed by atoms with Gasteiger partial charge in [0.25, 0.3) is 11.8 Å². The van der Waals surface area contributed by atoms with Gasteiger partial charge in [-0.2, -0.15) is 0 Å². The summed E-state index contributed by atoms with van der Waals surface area (Å²) >= 11 is 0. The van der Waals surface area contributed by atoms with E-state index < -0.39 is 47.3 Å². The molecule has 3 N–H and O–H groups in total. The lowest BCUT2D eigenvalue weighted by molar-refractivity contribution is -0.115. The largest absolute Gasteiger partial charge is 0.469 e. The molecule has 1 heterocycles. The molecule has 3 aromatic rings. The lowest BCUT2D eigenvalue weighted by atomic mass is 10.2. The van der Waals surface area contributed by atoms with Gasteiger partial charge in [0.2, 0.25) is 5.91 Å². The summed E-state index contributed by atoms with van der Waals surface area (Å²) in [5.74, 6) is -4.47. The van der Waals surface area contributed by atoms with Crippen LogP contribution in [0.4, 0.5) is 24.5 Å². The lowest BCUT2D eigenvalue weighted by Gasteiger charge is -2.10. The van der Waals surface area contributed by atoms with Crippen molar-refractivity contribution < 1.29 is 32.0 Å². The SMILES string of the molecule is Cc1occc1C(=O)Nc1cc(NC(=O)CNC(=O)c2ccc(F)cc2F)ccc1F. The van der Waals surface area contributed by atoms with Gasteiger partial charge in [-0.25, -0.2) is 13.2 Å². The molecule has 10 heteroatoms. The number of furan rings is 1. The van der Waals surface area contributed by atoms with Crippen LogP contribution in [0.1, 0.15) is 26.5 Å². The molecule has 31 heavy (non-hydrogen) atoms. The zero-order chi connectivity index (χ0) is 22.5. The highest BCUT2D eigenvalue weighted by Gasteiger charge is 2.16. The number of aryl methyl sites for hydroxylation is 1. The van der Waals surface area contributed by atoms with Crippen LogP contribution in [0.3, 0.4) is 0 Å². The van der Waals surface area contributed by atoms with Crippen molar-refractivity contribution in [1.82, 2.24) is 5.32 Å². The average Bonchev–Trinajstić information content (AvgIpc) is 3.14. The van der Waals surface area contributed by atoms with Gasteiger partial charge in [-0.15, -0.1) is 0 Å². The van der Waals surface area contributed by atoms with Crippen molar-refractivity contribution in [2.75, 3.05) is 17.2 Å². The Hall–Kier alpha value is -4.08. The Labute approximate surface area is 174 Å². The molecule has 3 amide bonds. The molecule has 0 bridgehead atoms. The molecule has 7 nitrogen and oxygen atoms in total. The predicted octanol–water partition coefficient (Wildman–Crippen LogP) is 3.63. The van der Waals surface area contributed by atoms with E-state index in [2.05, 4.69) is 16.0 Å². The molecular formula is C21H16F3N3O4. The molecule has 2 aromatic carbocycles. The summed E-state index contributed by atoms with van der Waals surface area (Å²) in [6, 6.07) is 7.34. The van der Waals surface area contributed by atoms with E-state index in [-0.39, 0.29) is 16.9 Å². The fourth-order valence-corrected chi connectivity index (χ4v) is 2.64. The summed E-state index contributed by atoms with van der Waals surface area (Å²) in [4.78, 5) is 36.2. The Kier molecular flexibility index (Phi) is 6.39. The summed E-state index contributed by atoms with van der Waals surface area (Å²) in [7, 11) is 0. The Morgan fingerprint density at radius 3 is 2.32 bits per heavy atom. The van der Waals surface area contributed by atoms with Gasteiger partial charge < -0.3 is 20.4 Å². The quantitative estimate of drug-likeness (QED) is 0.555. The molecule has 0 aliphatic heterocycles. The van der Waals surface area contributed by atoms with Crippen LogP contribution in [0, 0.1) is 24.4 Å². The molecule has 160 valence electrons. The minimum Gasteiger partial charge on any atom is -0.469 e. The van der Waals surface area contributed by atoms with E-state index in [1.165, 1.54) is 24.5 Å². The highest BCUT2D eigenvalue weighted by molar-refractivity contribution is 6.05. The third-order valence-corrected chi connectivity index (χ3v) is 4.19. The minimum atomic E-state index is -1.07. The van der Waals surface area contributed by atoms with E-state index in [9.17, 15) is 27.6 Å². The van der Waals surface area contributed by atoms with Gasteiger partial charge in [-0.3, -0.25) is 14.4 Å². The fraction of sp³-hybridized carbons (Fsp3) is 0.0952. The van der Waals surface area contributed by atoms with Gasteiger partial charge in [0.05, 0.1) is 29.6 Å². The zero-order valence-corrected chi connectivity index (χ0v) is 16.1. The number of benzene rings is 2. The van der Waals surface area contributed by atoms with Gasteiger partial charge in [0.1, 0.15) is 23.2 Å². The maximum Gasteiger partial charge on any atom is 0.259 e. The van der Waals surface area contributed by atoms with Crippen molar-refractivity contribution in [3.05, 3.63) is 83.1 Å². The maximum atomic E-state index is 14.0. The molecule has 0 aliphatic rings. The zero-order valence-electron chi connectivity index (χ0n) is 16.1. The summed E-state index contributed by atoms with van der Waals surface area (Å²) < 4.78 is 45.6. The highest BCUT2D eigenvalue weighted by atomic mass is 19.1. The number of hydrogen-bond acceptors (Lipinski definition) is 4. The van der Waals surface area contributed by atoms with Gasteiger partial charge in [-0.1, -0.05) is 0 Å². The summed E-state index contributed by atoms with van der Waals surface area (Å²) in [6.07, 6.45) is 1.32. The minimum absolute atomic E-state index is 0.146. The number of nitrogens with one attached hydrogen (secondary N) is 3. The van der Waals surface area contributed by atoms with Crippen LogP contribution in [-0.2, 0) is 4.79 Å². The Morgan fingerprint density at radius 1 is 0.871 bits per heavy atom. The predicted molar refractivity (Wildman–Crippen MR) is 105 cm³/mol. The number of anilines is 2. The number of rotatable bonds is 6. The van der Waals surface area contributed by atoms with Crippen molar-refractivity contribution in [3.8, 4) is 0 Å². The molecule has 0 atom stereocenters. The normalized spacial score (nSPS) is 10.5. The smallest absolute Gasteiger partial charge is 0.259 e. The van der Waals surface area contributed by atoms with Crippen LogP contribution in [-0.4, -0.2) is 24.3 Å². The topological polar surface area (TPSA) is 100 Å². The van der Waals surface area contributed by atoms with Crippen LogP contribution in [0.2, 0.25) is 0 Å². The van der Waals surface area contributed by atoms with E-state index in [0.717, 1.165) is 18.2 Å². The second-order valence-corrected chi connectivity index (χ2v) is 6.39. The standard InChI is InChI=1S/C21H16F3N3O4/c1-11-14(6-7-31-11)21(30)27-18-9-13(3-5-16(18)23)26-19(28)10-25-20(29)15-4-2-12(22)8-17(15)24/h2-9H,10H2,1H3,(H,25,29)(H,26,28)(H,27,30). The fourth-order valence-electron chi connectivity index (χ4n) is 2.64. The molecule has 0 radical (unpaired) electrons. The number of halogens is 3. The Balaban J connectivity index is 1.61. The molecule has 3 rings (SSSR count). The summed E-state index contributed by atoms with van der Waals surface area (Å²) in [5.41, 5.74) is -0.228.